The van der Waals surface area contributed by atoms with Crippen molar-refractivity contribution < 1.29 is 19.8 Å². The van der Waals surface area contributed by atoms with Crippen molar-refractivity contribution in [1.82, 2.24) is 0 Å². The first-order valence-corrected chi connectivity index (χ1v) is 3.43. The fourth-order valence-corrected chi connectivity index (χ4v) is 1.08. The van der Waals surface area contributed by atoms with Crippen LogP contribution in [0.1, 0.15) is 0 Å². The second-order valence-electron chi connectivity index (χ2n) is 2.50. The topological polar surface area (TPSA) is 74.6 Å². The van der Waals surface area contributed by atoms with Gasteiger partial charge in [0.25, 0.3) is 0 Å². The number of rotatable bonds is 2. The minimum absolute atomic E-state index is 0. The van der Waals surface area contributed by atoms with Crippen LogP contribution in [0.25, 0.3) is 0 Å². The van der Waals surface area contributed by atoms with Crippen molar-refractivity contribution >= 4 is 63.3 Å². The molecule has 0 saturated heterocycles. The molecular weight excluding hydrogens is 199 g/mol. The van der Waals surface area contributed by atoms with E-state index in [1.165, 1.54) is 24.3 Å². The molecule has 2 unspecified atom stereocenters. The van der Waals surface area contributed by atoms with Gasteiger partial charge >= 0.3 is 63.3 Å². The molecule has 0 spiro atoms. The summed E-state index contributed by atoms with van der Waals surface area (Å²) in [6, 6.07) is 0. The van der Waals surface area contributed by atoms with E-state index >= 15 is 0 Å². The molecule has 13 heavy (non-hydrogen) atoms. The second kappa shape index (κ2) is 5.72. The van der Waals surface area contributed by atoms with E-state index in [4.69, 9.17) is 10.2 Å². The zero-order valence-electron chi connectivity index (χ0n) is 6.18. The molecule has 1 aliphatic rings. The molecule has 0 bridgehead atoms. The average Bonchev–Trinajstić information content (AvgIpc) is 2.04. The summed E-state index contributed by atoms with van der Waals surface area (Å²) in [6.45, 7) is 0. The van der Waals surface area contributed by atoms with Gasteiger partial charge in [-0.1, -0.05) is 24.3 Å². The van der Waals surface area contributed by atoms with Crippen molar-refractivity contribution in [2.45, 2.75) is 0 Å². The molecule has 0 aliphatic heterocycles. The fraction of sp³-hybridized carbons (Fsp3) is 0.250. The zero-order chi connectivity index (χ0) is 9.14. The van der Waals surface area contributed by atoms with E-state index < -0.39 is 23.8 Å². The van der Waals surface area contributed by atoms with Crippen LogP contribution in [0, 0.1) is 11.8 Å². The van der Waals surface area contributed by atoms with Gasteiger partial charge in [0, 0.05) is 0 Å². The molecular formula is C8H9KO4. The van der Waals surface area contributed by atoms with Crippen LogP contribution in [0.4, 0.5) is 0 Å². The van der Waals surface area contributed by atoms with E-state index in [9.17, 15) is 9.59 Å². The number of hydrogen-bond acceptors (Lipinski definition) is 2. The maximum atomic E-state index is 10.5. The van der Waals surface area contributed by atoms with E-state index in [2.05, 4.69) is 0 Å². The Morgan fingerprint density at radius 1 is 0.923 bits per heavy atom. The standard InChI is InChI=1S/C8H8O4.K.H/c9-7(10)5-3-1-2-4-6(5)8(11)12;;/h1-6H,(H,9,10)(H,11,12);;. The van der Waals surface area contributed by atoms with Crippen molar-refractivity contribution in [2.75, 3.05) is 0 Å². The van der Waals surface area contributed by atoms with Gasteiger partial charge < -0.3 is 10.2 Å². The molecule has 5 heteroatoms. The Hall–Kier alpha value is 0.0564. The predicted molar refractivity (Wildman–Crippen MR) is 47.7 cm³/mol. The van der Waals surface area contributed by atoms with Crippen LogP contribution in [0.2, 0.25) is 0 Å². The SMILES string of the molecule is O=C(O)C1C=CC=CC1C(=O)O.[KH]. The van der Waals surface area contributed by atoms with E-state index in [0.29, 0.717) is 0 Å². The number of hydrogen-bond donors (Lipinski definition) is 2. The third kappa shape index (κ3) is 3.36. The van der Waals surface area contributed by atoms with Gasteiger partial charge in [-0.05, 0) is 0 Å². The van der Waals surface area contributed by atoms with Crippen LogP contribution in [0.5, 0.6) is 0 Å². The third-order valence-electron chi connectivity index (χ3n) is 1.71. The molecule has 1 rings (SSSR count). The van der Waals surface area contributed by atoms with Gasteiger partial charge in [0.05, 0.1) is 11.8 Å². The molecule has 2 N–H and O–H groups in total. The summed E-state index contributed by atoms with van der Waals surface area (Å²) < 4.78 is 0. The normalized spacial score (nSPS) is 24.9. The monoisotopic (exact) mass is 208 g/mol. The quantitative estimate of drug-likeness (QED) is 0.620. The Labute approximate surface area is 118 Å². The molecule has 66 valence electrons. The molecule has 0 aromatic rings. The van der Waals surface area contributed by atoms with Crippen LogP contribution >= 0.6 is 0 Å². The summed E-state index contributed by atoms with van der Waals surface area (Å²) >= 11 is 0. The predicted octanol–water partition coefficient (Wildman–Crippen LogP) is -0.135. The summed E-state index contributed by atoms with van der Waals surface area (Å²) in [5.41, 5.74) is 0. The third-order valence-corrected chi connectivity index (χ3v) is 1.71. The number of carbonyl (C=O) groups is 2. The number of carboxylic acid groups (broad SMARTS) is 2. The second-order valence-corrected chi connectivity index (χ2v) is 2.50. The summed E-state index contributed by atoms with van der Waals surface area (Å²) in [7, 11) is 0. The van der Waals surface area contributed by atoms with Gasteiger partial charge in [-0.3, -0.25) is 9.59 Å². The van der Waals surface area contributed by atoms with E-state index in [0.717, 1.165) is 0 Å². The first kappa shape index (κ1) is 13.1. The molecule has 0 amide bonds. The number of allylic oxidation sites excluding steroid dienone is 2. The summed E-state index contributed by atoms with van der Waals surface area (Å²) in [4.78, 5) is 21.0. The van der Waals surface area contributed by atoms with Crippen LogP contribution in [-0.4, -0.2) is 73.5 Å². The van der Waals surface area contributed by atoms with E-state index in [-0.39, 0.29) is 51.4 Å². The van der Waals surface area contributed by atoms with Gasteiger partial charge in [0.1, 0.15) is 0 Å². The average molecular weight is 208 g/mol. The van der Waals surface area contributed by atoms with E-state index in [1.807, 2.05) is 0 Å². The van der Waals surface area contributed by atoms with Gasteiger partial charge in [-0.15, -0.1) is 0 Å². The van der Waals surface area contributed by atoms with Crippen LogP contribution in [0.3, 0.4) is 0 Å². The molecule has 0 fully saturated rings. The summed E-state index contributed by atoms with van der Waals surface area (Å²) in [6.07, 6.45) is 5.83. The van der Waals surface area contributed by atoms with Crippen LogP contribution in [-0.2, 0) is 9.59 Å². The van der Waals surface area contributed by atoms with Crippen molar-refractivity contribution in [3.63, 3.8) is 0 Å². The van der Waals surface area contributed by atoms with E-state index in [1.54, 1.807) is 0 Å². The summed E-state index contributed by atoms with van der Waals surface area (Å²) in [5, 5.41) is 17.2. The first-order chi connectivity index (χ1) is 5.63. The molecule has 0 aromatic carbocycles. The molecule has 1 aliphatic carbocycles. The first-order valence-electron chi connectivity index (χ1n) is 3.43. The van der Waals surface area contributed by atoms with Gasteiger partial charge in [0.15, 0.2) is 0 Å². The molecule has 0 radical (unpaired) electrons. The Kier molecular flexibility index (Phi) is 5.74. The van der Waals surface area contributed by atoms with Crippen molar-refractivity contribution in [2.24, 2.45) is 11.8 Å². The van der Waals surface area contributed by atoms with Gasteiger partial charge in [0.2, 0.25) is 0 Å². The van der Waals surface area contributed by atoms with Crippen molar-refractivity contribution in [3.05, 3.63) is 24.3 Å². The van der Waals surface area contributed by atoms with Gasteiger partial charge in [-0.2, -0.15) is 0 Å². The van der Waals surface area contributed by atoms with Crippen molar-refractivity contribution in [1.29, 1.82) is 0 Å². The maximum absolute atomic E-state index is 10.5. The van der Waals surface area contributed by atoms with Gasteiger partial charge in [-0.25, -0.2) is 0 Å². The molecule has 0 saturated carbocycles. The number of carboxylic acids is 2. The summed E-state index contributed by atoms with van der Waals surface area (Å²) in [5.74, 6) is -4.09. The molecule has 2 atom stereocenters. The fourth-order valence-electron chi connectivity index (χ4n) is 1.08. The minimum atomic E-state index is -1.11. The van der Waals surface area contributed by atoms with Crippen LogP contribution in [0.15, 0.2) is 24.3 Å². The Balaban J connectivity index is 0.00000144. The van der Waals surface area contributed by atoms with Crippen LogP contribution < -0.4 is 0 Å². The number of aliphatic carboxylic acids is 2. The van der Waals surface area contributed by atoms with Crippen molar-refractivity contribution in [3.8, 4) is 0 Å². The Morgan fingerprint density at radius 2 is 1.23 bits per heavy atom. The zero-order valence-corrected chi connectivity index (χ0v) is 6.18. The molecule has 4 nitrogen and oxygen atoms in total. The molecule has 0 heterocycles. The molecule has 0 aromatic heterocycles. The Bertz CT molecular complexity index is 241. The Morgan fingerprint density at radius 3 is 1.46 bits per heavy atom.